The van der Waals surface area contributed by atoms with Gasteiger partial charge in [-0.05, 0) is 19.4 Å². The summed E-state index contributed by atoms with van der Waals surface area (Å²) in [6, 6.07) is 0.332. The first kappa shape index (κ1) is 12.9. The topological polar surface area (TPSA) is 32.3 Å². The second-order valence-electron chi connectivity index (χ2n) is 3.55. The number of aliphatic hydroxyl groups excluding tert-OH is 1. The Morgan fingerprint density at radius 2 is 1.85 bits per heavy atom. The fraction of sp³-hybridized carbons (Fsp3) is 1.00. The average Bonchev–Trinajstić information content (AvgIpc) is 2.70. The van der Waals surface area contributed by atoms with Crippen LogP contribution in [0.3, 0.4) is 0 Å². The molecule has 13 heavy (non-hydrogen) atoms. The predicted octanol–water partition coefficient (Wildman–Crippen LogP) is 2.17. The first-order chi connectivity index (χ1) is 6.36. The summed E-state index contributed by atoms with van der Waals surface area (Å²) >= 11 is 0. The molecule has 0 heterocycles. The van der Waals surface area contributed by atoms with Crippen LogP contribution in [0.15, 0.2) is 0 Å². The number of rotatable bonds is 4. The van der Waals surface area contributed by atoms with Gasteiger partial charge in [-0.3, -0.25) is 0 Å². The second kappa shape index (κ2) is 8.52. The third kappa shape index (κ3) is 5.27. The number of hydrogen-bond donors (Lipinski definition) is 2. The van der Waals surface area contributed by atoms with Crippen LogP contribution in [0, 0.1) is 5.92 Å². The monoisotopic (exact) mass is 187 g/mol. The minimum Gasteiger partial charge on any atom is -0.395 e. The van der Waals surface area contributed by atoms with Crippen molar-refractivity contribution in [3.05, 3.63) is 0 Å². The molecular formula is C11H25NO. The van der Waals surface area contributed by atoms with Crippen LogP contribution in [0.25, 0.3) is 0 Å². The summed E-state index contributed by atoms with van der Waals surface area (Å²) in [4.78, 5) is 0. The van der Waals surface area contributed by atoms with Crippen LogP contribution in [0.1, 0.15) is 46.0 Å². The van der Waals surface area contributed by atoms with E-state index in [4.69, 9.17) is 5.11 Å². The van der Waals surface area contributed by atoms with E-state index < -0.39 is 0 Å². The average molecular weight is 187 g/mol. The lowest BCUT2D eigenvalue weighted by Gasteiger charge is -2.17. The van der Waals surface area contributed by atoms with E-state index in [0.717, 1.165) is 12.3 Å². The van der Waals surface area contributed by atoms with Gasteiger partial charge in [-0.1, -0.05) is 39.5 Å². The molecule has 2 nitrogen and oxygen atoms in total. The number of likely N-dealkylation sites (N-methyl/N-ethyl adjacent to an activating group) is 1. The van der Waals surface area contributed by atoms with Gasteiger partial charge < -0.3 is 10.4 Å². The molecule has 0 aromatic heterocycles. The van der Waals surface area contributed by atoms with Crippen molar-refractivity contribution in [2.24, 2.45) is 5.92 Å². The minimum absolute atomic E-state index is 0.285. The molecule has 1 aliphatic rings. The van der Waals surface area contributed by atoms with Crippen LogP contribution in [-0.4, -0.2) is 24.8 Å². The lowest BCUT2D eigenvalue weighted by atomic mass is 9.99. The minimum atomic E-state index is 0.285. The fourth-order valence-electron chi connectivity index (χ4n) is 1.93. The highest BCUT2D eigenvalue weighted by Crippen LogP contribution is 2.28. The van der Waals surface area contributed by atoms with E-state index in [1.807, 2.05) is 20.9 Å². The summed E-state index contributed by atoms with van der Waals surface area (Å²) in [6.07, 6.45) is 6.70. The number of nitrogens with one attached hydrogen (secondary N) is 1. The maximum absolute atomic E-state index is 8.92. The van der Waals surface area contributed by atoms with Crippen molar-refractivity contribution in [3.63, 3.8) is 0 Å². The maximum atomic E-state index is 8.92. The quantitative estimate of drug-likeness (QED) is 0.707. The van der Waals surface area contributed by atoms with Crippen molar-refractivity contribution in [3.8, 4) is 0 Å². The smallest absolute Gasteiger partial charge is 0.0584 e. The Morgan fingerprint density at radius 1 is 1.31 bits per heavy atom. The predicted molar refractivity (Wildman–Crippen MR) is 57.9 cm³/mol. The molecule has 1 fully saturated rings. The SMILES string of the molecule is CC.CNC(CO)CC1CCCC1. The van der Waals surface area contributed by atoms with Gasteiger partial charge in [-0.15, -0.1) is 0 Å². The molecule has 0 bridgehead atoms. The van der Waals surface area contributed by atoms with Gasteiger partial charge in [0.15, 0.2) is 0 Å². The Labute approximate surface area is 82.7 Å². The maximum Gasteiger partial charge on any atom is 0.0584 e. The van der Waals surface area contributed by atoms with Crippen LogP contribution in [-0.2, 0) is 0 Å². The van der Waals surface area contributed by atoms with Crippen molar-refractivity contribution < 1.29 is 5.11 Å². The molecule has 0 aromatic rings. The lowest BCUT2D eigenvalue weighted by molar-refractivity contribution is 0.226. The molecule has 0 saturated heterocycles. The molecule has 1 atom stereocenters. The molecule has 0 spiro atoms. The van der Waals surface area contributed by atoms with Crippen molar-refractivity contribution in [2.45, 2.75) is 52.0 Å². The molecule has 1 aliphatic carbocycles. The Balaban J connectivity index is 0.000000671. The van der Waals surface area contributed by atoms with Gasteiger partial charge in [0.2, 0.25) is 0 Å². The van der Waals surface area contributed by atoms with E-state index in [2.05, 4.69) is 5.32 Å². The molecule has 2 heteroatoms. The van der Waals surface area contributed by atoms with Crippen molar-refractivity contribution in [1.29, 1.82) is 0 Å². The van der Waals surface area contributed by atoms with Crippen LogP contribution >= 0.6 is 0 Å². The first-order valence-electron chi connectivity index (χ1n) is 5.65. The Morgan fingerprint density at radius 3 is 2.23 bits per heavy atom. The van der Waals surface area contributed by atoms with E-state index in [-0.39, 0.29) is 6.61 Å². The summed E-state index contributed by atoms with van der Waals surface area (Å²) in [7, 11) is 1.93. The molecule has 80 valence electrons. The van der Waals surface area contributed by atoms with Crippen molar-refractivity contribution >= 4 is 0 Å². The highest BCUT2D eigenvalue weighted by atomic mass is 16.3. The third-order valence-electron chi connectivity index (χ3n) is 2.72. The van der Waals surface area contributed by atoms with Crippen molar-refractivity contribution in [2.75, 3.05) is 13.7 Å². The molecule has 0 radical (unpaired) electrons. The van der Waals surface area contributed by atoms with Crippen LogP contribution in [0.5, 0.6) is 0 Å². The zero-order valence-corrected chi connectivity index (χ0v) is 9.34. The summed E-state index contributed by atoms with van der Waals surface area (Å²) in [5, 5.41) is 12.1. The molecular weight excluding hydrogens is 162 g/mol. The Hall–Kier alpha value is -0.0800. The zero-order valence-electron chi connectivity index (χ0n) is 9.34. The first-order valence-corrected chi connectivity index (χ1v) is 5.65. The largest absolute Gasteiger partial charge is 0.395 e. The Kier molecular flexibility index (Phi) is 8.46. The highest BCUT2D eigenvalue weighted by molar-refractivity contribution is 4.73. The molecule has 2 N–H and O–H groups in total. The van der Waals surface area contributed by atoms with Crippen LogP contribution in [0.4, 0.5) is 0 Å². The van der Waals surface area contributed by atoms with Gasteiger partial charge in [0.1, 0.15) is 0 Å². The van der Waals surface area contributed by atoms with E-state index in [0.29, 0.717) is 6.04 Å². The molecule has 0 aromatic carbocycles. The van der Waals surface area contributed by atoms with Gasteiger partial charge >= 0.3 is 0 Å². The standard InChI is InChI=1S/C9H19NO.C2H6/c1-10-9(7-11)6-8-4-2-3-5-8;1-2/h8-11H,2-7H2,1H3;1-2H3. The van der Waals surface area contributed by atoms with Gasteiger partial charge in [0.05, 0.1) is 6.61 Å². The number of hydrogen-bond acceptors (Lipinski definition) is 2. The van der Waals surface area contributed by atoms with Crippen molar-refractivity contribution in [1.82, 2.24) is 5.32 Å². The van der Waals surface area contributed by atoms with E-state index in [1.54, 1.807) is 0 Å². The number of aliphatic hydroxyl groups is 1. The molecule has 0 aliphatic heterocycles. The van der Waals surface area contributed by atoms with E-state index >= 15 is 0 Å². The summed E-state index contributed by atoms with van der Waals surface area (Å²) in [5.41, 5.74) is 0. The third-order valence-corrected chi connectivity index (χ3v) is 2.72. The van der Waals surface area contributed by atoms with Gasteiger partial charge in [-0.2, -0.15) is 0 Å². The molecule has 0 amide bonds. The van der Waals surface area contributed by atoms with E-state index in [9.17, 15) is 0 Å². The van der Waals surface area contributed by atoms with Gasteiger partial charge in [0, 0.05) is 6.04 Å². The van der Waals surface area contributed by atoms with Crippen LogP contribution < -0.4 is 5.32 Å². The van der Waals surface area contributed by atoms with Gasteiger partial charge in [0.25, 0.3) is 0 Å². The van der Waals surface area contributed by atoms with Gasteiger partial charge in [-0.25, -0.2) is 0 Å². The summed E-state index contributed by atoms with van der Waals surface area (Å²) < 4.78 is 0. The summed E-state index contributed by atoms with van der Waals surface area (Å²) in [6.45, 7) is 4.28. The molecule has 1 unspecified atom stereocenters. The molecule has 1 saturated carbocycles. The zero-order chi connectivity index (χ0) is 10.1. The highest BCUT2D eigenvalue weighted by Gasteiger charge is 2.18. The second-order valence-corrected chi connectivity index (χ2v) is 3.55. The van der Waals surface area contributed by atoms with E-state index in [1.165, 1.54) is 25.7 Å². The fourth-order valence-corrected chi connectivity index (χ4v) is 1.93. The molecule has 1 rings (SSSR count). The summed E-state index contributed by atoms with van der Waals surface area (Å²) in [5.74, 6) is 0.875. The normalized spacial score (nSPS) is 19.4. The lowest BCUT2D eigenvalue weighted by Crippen LogP contribution is -2.30. The van der Waals surface area contributed by atoms with Crippen LogP contribution in [0.2, 0.25) is 0 Å². The Bertz CT molecular complexity index is 96.3.